The van der Waals surface area contributed by atoms with Crippen molar-refractivity contribution in [3.8, 4) is 11.1 Å². The van der Waals surface area contributed by atoms with Gasteiger partial charge in [0, 0.05) is 17.6 Å². The standard InChI is InChI=1S/C19H20N2/c1-3-20-14(2)17-8-4-5-9-18(17)16-11-10-15-7-6-12-21-19(15)13-16/h4-14,20H,3H2,1-2H3. The molecule has 0 aliphatic rings. The molecule has 1 unspecified atom stereocenters. The first-order valence-corrected chi connectivity index (χ1v) is 7.47. The molecule has 0 aliphatic heterocycles. The van der Waals surface area contributed by atoms with Gasteiger partial charge in [-0.05, 0) is 42.3 Å². The average molecular weight is 276 g/mol. The van der Waals surface area contributed by atoms with Gasteiger partial charge in [-0.3, -0.25) is 4.98 Å². The minimum atomic E-state index is 0.339. The fraction of sp³-hybridized carbons (Fsp3) is 0.211. The minimum absolute atomic E-state index is 0.339. The van der Waals surface area contributed by atoms with Crippen LogP contribution >= 0.6 is 0 Å². The number of rotatable bonds is 4. The number of hydrogen-bond donors (Lipinski definition) is 1. The maximum Gasteiger partial charge on any atom is 0.0708 e. The Kier molecular flexibility index (Phi) is 3.98. The summed E-state index contributed by atoms with van der Waals surface area (Å²) >= 11 is 0. The SMILES string of the molecule is CCNC(C)c1ccccc1-c1ccc2cccnc2c1. The molecule has 1 N–H and O–H groups in total. The molecule has 0 saturated heterocycles. The first kappa shape index (κ1) is 13.8. The summed E-state index contributed by atoms with van der Waals surface area (Å²) in [5.74, 6) is 0. The quantitative estimate of drug-likeness (QED) is 0.755. The van der Waals surface area contributed by atoms with Crippen molar-refractivity contribution < 1.29 is 0 Å². The fourth-order valence-corrected chi connectivity index (χ4v) is 2.79. The number of benzene rings is 2. The lowest BCUT2D eigenvalue weighted by Crippen LogP contribution is -2.18. The van der Waals surface area contributed by atoms with Crippen LogP contribution in [0.1, 0.15) is 25.5 Å². The average Bonchev–Trinajstić information content (AvgIpc) is 2.54. The number of hydrogen-bond acceptors (Lipinski definition) is 2. The third kappa shape index (κ3) is 2.81. The Labute approximate surface area is 125 Å². The molecule has 3 aromatic rings. The molecular weight excluding hydrogens is 256 g/mol. The molecule has 1 heterocycles. The predicted molar refractivity (Wildman–Crippen MR) is 89.3 cm³/mol. The lowest BCUT2D eigenvalue weighted by Gasteiger charge is -2.17. The summed E-state index contributed by atoms with van der Waals surface area (Å²) in [7, 11) is 0. The molecule has 0 fully saturated rings. The van der Waals surface area contributed by atoms with E-state index in [0.29, 0.717) is 6.04 Å². The molecule has 1 aromatic heterocycles. The van der Waals surface area contributed by atoms with Crippen LogP contribution in [0.25, 0.3) is 22.0 Å². The van der Waals surface area contributed by atoms with E-state index >= 15 is 0 Å². The summed E-state index contributed by atoms with van der Waals surface area (Å²) in [6.07, 6.45) is 1.85. The van der Waals surface area contributed by atoms with Gasteiger partial charge in [-0.15, -0.1) is 0 Å². The molecule has 0 amide bonds. The summed E-state index contributed by atoms with van der Waals surface area (Å²) in [5.41, 5.74) is 4.87. The smallest absolute Gasteiger partial charge is 0.0708 e. The summed E-state index contributed by atoms with van der Waals surface area (Å²) in [6.45, 7) is 5.31. The minimum Gasteiger partial charge on any atom is -0.310 e. The Bertz CT molecular complexity index is 749. The van der Waals surface area contributed by atoms with Crippen molar-refractivity contribution in [2.24, 2.45) is 0 Å². The van der Waals surface area contributed by atoms with Crippen LogP contribution in [-0.4, -0.2) is 11.5 Å². The molecular formula is C19H20N2. The Morgan fingerprint density at radius 1 is 1.05 bits per heavy atom. The molecule has 21 heavy (non-hydrogen) atoms. The van der Waals surface area contributed by atoms with Gasteiger partial charge in [0.25, 0.3) is 0 Å². The Morgan fingerprint density at radius 3 is 2.76 bits per heavy atom. The number of nitrogens with zero attached hydrogens (tertiary/aromatic N) is 1. The van der Waals surface area contributed by atoms with Gasteiger partial charge in [0.15, 0.2) is 0 Å². The molecule has 0 spiro atoms. The second-order valence-electron chi connectivity index (χ2n) is 5.28. The third-order valence-corrected chi connectivity index (χ3v) is 3.85. The normalized spacial score (nSPS) is 12.5. The molecule has 106 valence electrons. The topological polar surface area (TPSA) is 24.9 Å². The lowest BCUT2D eigenvalue weighted by atomic mass is 9.95. The summed E-state index contributed by atoms with van der Waals surface area (Å²) in [5, 5.41) is 4.67. The first-order chi connectivity index (χ1) is 10.3. The van der Waals surface area contributed by atoms with Gasteiger partial charge in [-0.25, -0.2) is 0 Å². The van der Waals surface area contributed by atoms with E-state index in [1.807, 2.05) is 12.3 Å². The zero-order chi connectivity index (χ0) is 14.7. The van der Waals surface area contributed by atoms with Crippen molar-refractivity contribution in [2.75, 3.05) is 6.54 Å². The Morgan fingerprint density at radius 2 is 1.90 bits per heavy atom. The maximum atomic E-state index is 4.46. The van der Waals surface area contributed by atoms with Gasteiger partial charge >= 0.3 is 0 Å². The van der Waals surface area contributed by atoms with Crippen LogP contribution in [0.15, 0.2) is 60.8 Å². The van der Waals surface area contributed by atoms with Crippen molar-refractivity contribution in [2.45, 2.75) is 19.9 Å². The number of fused-ring (bicyclic) bond motifs is 1. The third-order valence-electron chi connectivity index (χ3n) is 3.85. The largest absolute Gasteiger partial charge is 0.310 e. The van der Waals surface area contributed by atoms with Crippen molar-refractivity contribution in [1.29, 1.82) is 0 Å². The van der Waals surface area contributed by atoms with Crippen LogP contribution in [0.3, 0.4) is 0 Å². The van der Waals surface area contributed by atoms with Crippen molar-refractivity contribution in [1.82, 2.24) is 10.3 Å². The van der Waals surface area contributed by atoms with Gasteiger partial charge in [-0.1, -0.05) is 49.4 Å². The van der Waals surface area contributed by atoms with Crippen LogP contribution in [0.2, 0.25) is 0 Å². The monoisotopic (exact) mass is 276 g/mol. The molecule has 0 aliphatic carbocycles. The summed E-state index contributed by atoms with van der Waals surface area (Å²) in [6, 6.07) is 19.5. The van der Waals surface area contributed by atoms with Gasteiger partial charge in [-0.2, -0.15) is 0 Å². The lowest BCUT2D eigenvalue weighted by molar-refractivity contribution is 0.599. The molecule has 3 rings (SSSR count). The van der Waals surface area contributed by atoms with Crippen molar-refractivity contribution in [3.05, 3.63) is 66.4 Å². The molecule has 2 aromatic carbocycles. The summed E-state index contributed by atoms with van der Waals surface area (Å²) < 4.78 is 0. The van der Waals surface area contributed by atoms with E-state index in [2.05, 4.69) is 72.7 Å². The van der Waals surface area contributed by atoms with E-state index in [4.69, 9.17) is 0 Å². The summed E-state index contributed by atoms with van der Waals surface area (Å²) in [4.78, 5) is 4.46. The number of aromatic nitrogens is 1. The van der Waals surface area contributed by atoms with Crippen LogP contribution in [0.5, 0.6) is 0 Å². The highest BCUT2D eigenvalue weighted by Crippen LogP contribution is 2.29. The molecule has 2 nitrogen and oxygen atoms in total. The van der Waals surface area contributed by atoms with E-state index in [0.717, 1.165) is 12.1 Å². The van der Waals surface area contributed by atoms with Gasteiger partial charge < -0.3 is 5.32 Å². The van der Waals surface area contributed by atoms with Crippen LogP contribution in [0.4, 0.5) is 0 Å². The van der Waals surface area contributed by atoms with E-state index in [-0.39, 0.29) is 0 Å². The van der Waals surface area contributed by atoms with Crippen LogP contribution in [0, 0.1) is 0 Å². The zero-order valence-electron chi connectivity index (χ0n) is 12.5. The van der Waals surface area contributed by atoms with Gasteiger partial charge in [0.05, 0.1) is 5.52 Å². The van der Waals surface area contributed by atoms with Crippen molar-refractivity contribution in [3.63, 3.8) is 0 Å². The highest BCUT2D eigenvalue weighted by molar-refractivity contribution is 5.84. The Hall–Kier alpha value is -2.19. The maximum absolute atomic E-state index is 4.46. The van der Waals surface area contributed by atoms with Crippen molar-refractivity contribution >= 4 is 10.9 Å². The molecule has 0 radical (unpaired) electrons. The highest BCUT2D eigenvalue weighted by atomic mass is 14.9. The van der Waals surface area contributed by atoms with Gasteiger partial charge in [0.1, 0.15) is 0 Å². The fourth-order valence-electron chi connectivity index (χ4n) is 2.79. The second kappa shape index (κ2) is 6.06. The van der Waals surface area contributed by atoms with E-state index in [9.17, 15) is 0 Å². The molecule has 0 saturated carbocycles. The van der Waals surface area contributed by atoms with E-state index < -0.39 is 0 Å². The van der Waals surface area contributed by atoms with E-state index in [1.54, 1.807) is 0 Å². The van der Waals surface area contributed by atoms with Crippen LogP contribution in [-0.2, 0) is 0 Å². The highest BCUT2D eigenvalue weighted by Gasteiger charge is 2.11. The van der Waals surface area contributed by atoms with E-state index in [1.165, 1.54) is 22.1 Å². The van der Waals surface area contributed by atoms with Crippen LogP contribution < -0.4 is 5.32 Å². The number of nitrogens with one attached hydrogen (secondary N) is 1. The number of pyridine rings is 1. The molecule has 2 heteroatoms. The predicted octanol–water partition coefficient (Wildman–Crippen LogP) is 4.57. The zero-order valence-corrected chi connectivity index (χ0v) is 12.5. The Balaban J connectivity index is 2.09. The van der Waals surface area contributed by atoms with Gasteiger partial charge in [0.2, 0.25) is 0 Å². The second-order valence-corrected chi connectivity index (χ2v) is 5.28. The first-order valence-electron chi connectivity index (χ1n) is 7.47. The molecule has 1 atom stereocenters. The molecule has 0 bridgehead atoms.